The van der Waals surface area contributed by atoms with Crippen LogP contribution in [0.1, 0.15) is 6.42 Å². The average Bonchev–Trinajstić information content (AvgIpc) is 2.72. The lowest BCUT2D eigenvalue weighted by atomic mass is 10.3. The van der Waals surface area contributed by atoms with Gasteiger partial charge in [0.2, 0.25) is 11.9 Å². The van der Waals surface area contributed by atoms with Crippen LogP contribution in [0.25, 0.3) is 11.0 Å². The Morgan fingerprint density at radius 3 is 2.81 bits per heavy atom. The molecular weight excluding hydrogens is 280 g/mol. The van der Waals surface area contributed by atoms with E-state index in [1.54, 1.807) is 7.05 Å². The molecule has 1 aromatic carbocycles. The zero-order valence-corrected chi connectivity index (χ0v) is 11.3. The van der Waals surface area contributed by atoms with Gasteiger partial charge in [-0.25, -0.2) is 13.8 Å². The number of aromatic nitrogens is 2. The largest absolute Gasteiger partial charge is 0.369 e. The molecule has 0 radical (unpaired) electrons. The van der Waals surface area contributed by atoms with Crippen LogP contribution in [0.5, 0.6) is 0 Å². The van der Waals surface area contributed by atoms with Crippen LogP contribution in [0.4, 0.5) is 14.7 Å². The van der Waals surface area contributed by atoms with E-state index in [4.69, 9.17) is 11.0 Å². The number of amides is 1. The molecule has 8 heteroatoms. The van der Waals surface area contributed by atoms with Crippen LogP contribution in [0, 0.1) is 23.0 Å². The number of nitrogens with zero attached hydrogens (tertiary/aromatic N) is 4. The van der Waals surface area contributed by atoms with Crippen LogP contribution in [-0.4, -0.2) is 34.0 Å². The SMILES string of the molecule is CN(CCC#N)C(=O)Cn1c(N)nc2cc(F)c(F)cc21. The molecule has 2 aromatic rings. The third-order valence-electron chi connectivity index (χ3n) is 3.10. The predicted octanol–water partition coefficient (Wildman–Crippen LogP) is 1.27. The number of anilines is 1. The summed E-state index contributed by atoms with van der Waals surface area (Å²) in [5, 5.41) is 8.50. The highest BCUT2D eigenvalue weighted by Crippen LogP contribution is 2.21. The summed E-state index contributed by atoms with van der Waals surface area (Å²) in [6.07, 6.45) is 0.211. The summed E-state index contributed by atoms with van der Waals surface area (Å²) in [5.74, 6) is -2.36. The van der Waals surface area contributed by atoms with Crippen molar-refractivity contribution in [2.75, 3.05) is 19.3 Å². The maximum Gasteiger partial charge on any atom is 0.242 e. The Morgan fingerprint density at radius 1 is 1.48 bits per heavy atom. The van der Waals surface area contributed by atoms with Crippen molar-refractivity contribution >= 4 is 22.9 Å². The summed E-state index contributed by atoms with van der Waals surface area (Å²) in [6.45, 7) is 0.125. The quantitative estimate of drug-likeness (QED) is 0.919. The number of rotatable bonds is 4. The topological polar surface area (TPSA) is 87.9 Å². The molecule has 0 aliphatic heterocycles. The highest BCUT2D eigenvalue weighted by molar-refractivity contribution is 5.83. The van der Waals surface area contributed by atoms with E-state index in [9.17, 15) is 13.6 Å². The predicted molar refractivity (Wildman–Crippen MR) is 71.9 cm³/mol. The van der Waals surface area contributed by atoms with Crippen molar-refractivity contribution in [2.24, 2.45) is 0 Å². The molecule has 0 aliphatic carbocycles. The first-order valence-corrected chi connectivity index (χ1v) is 6.15. The number of hydrogen-bond donors (Lipinski definition) is 1. The first-order valence-electron chi connectivity index (χ1n) is 6.15. The molecule has 1 amide bonds. The van der Waals surface area contributed by atoms with Gasteiger partial charge in [-0.1, -0.05) is 0 Å². The van der Waals surface area contributed by atoms with Gasteiger partial charge in [-0.3, -0.25) is 4.79 Å². The van der Waals surface area contributed by atoms with Gasteiger partial charge in [0.15, 0.2) is 11.6 Å². The van der Waals surface area contributed by atoms with Crippen LogP contribution >= 0.6 is 0 Å². The Kier molecular flexibility index (Phi) is 4.03. The smallest absolute Gasteiger partial charge is 0.242 e. The number of halogens is 2. The van der Waals surface area contributed by atoms with E-state index in [1.165, 1.54) is 9.47 Å². The lowest BCUT2D eigenvalue weighted by molar-refractivity contribution is -0.130. The Hall–Kier alpha value is -2.69. The number of imidazole rings is 1. The normalized spacial score (nSPS) is 10.6. The fourth-order valence-corrected chi connectivity index (χ4v) is 1.90. The van der Waals surface area contributed by atoms with Crippen molar-refractivity contribution in [1.29, 1.82) is 5.26 Å². The van der Waals surface area contributed by atoms with Crippen LogP contribution in [0.3, 0.4) is 0 Å². The maximum absolute atomic E-state index is 13.3. The highest BCUT2D eigenvalue weighted by atomic mass is 19.2. The van der Waals surface area contributed by atoms with Gasteiger partial charge >= 0.3 is 0 Å². The monoisotopic (exact) mass is 293 g/mol. The molecule has 0 spiro atoms. The fraction of sp³-hybridized carbons (Fsp3) is 0.308. The van der Waals surface area contributed by atoms with Crippen molar-refractivity contribution in [3.63, 3.8) is 0 Å². The van der Waals surface area contributed by atoms with E-state index in [2.05, 4.69) is 4.98 Å². The third-order valence-corrected chi connectivity index (χ3v) is 3.10. The van der Waals surface area contributed by atoms with E-state index in [1.807, 2.05) is 6.07 Å². The molecule has 6 nitrogen and oxygen atoms in total. The molecule has 1 heterocycles. The second-order valence-corrected chi connectivity index (χ2v) is 4.53. The Balaban J connectivity index is 2.30. The maximum atomic E-state index is 13.3. The summed E-state index contributed by atoms with van der Waals surface area (Å²) < 4.78 is 27.8. The van der Waals surface area contributed by atoms with Crippen LogP contribution in [0.15, 0.2) is 12.1 Å². The number of carbonyl (C=O) groups excluding carboxylic acids is 1. The minimum absolute atomic E-state index is 0.00275. The van der Waals surface area contributed by atoms with Crippen molar-refractivity contribution < 1.29 is 13.6 Å². The Bertz CT molecular complexity index is 734. The van der Waals surface area contributed by atoms with Gasteiger partial charge < -0.3 is 15.2 Å². The number of likely N-dealkylation sites (N-methyl/N-ethyl adjacent to an activating group) is 1. The van der Waals surface area contributed by atoms with E-state index in [0.29, 0.717) is 0 Å². The summed E-state index contributed by atoms with van der Waals surface area (Å²) in [4.78, 5) is 17.3. The molecular formula is C13H13F2N5O. The lowest BCUT2D eigenvalue weighted by Crippen LogP contribution is -2.31. The fourth-order valence-electron chi connectivity index (χ4n) is 1.90. The molecule has 2 N–H and O–H groups in total. The molecule has 110 valence electrons. The standard InChI is InChI=1S/C13H13F2N5O/c1-19(4-2-3-16)12(21)7-20-11-6-9(15)8(14)5-10(11)18-13(20)17/h5-6H,2,4,7H2,1H3,(H2,17,18). The van der Waals surface area contributed by atoms with E-state index in [-0.39, 0.29) is 42.4 Å². The minimum Gasteiger partial charge on any atom is -0.369 e. The molecule has 0 atom stereocenters. The van der Waals surface area contributed by atoms with E-state index < -0.39 is 11.6 Å². The second kappa shape index (κ2) is 5.75. The van der Waals surface area contributed by atoms with Gasteiger partial charge in [-0.05, 0) is 0 Å². The van der Waals surface area contributed by atoms with Crippen LogP contribution < -0.4 is 5.73 Å². The van der Waals surface area contributed by atoms with E-state index in [0.717, 1.165) is 12.1 Å². The molecule has 2 rings (SSSR count). The van der Waals surface area contributed by atoms with E-state index >= 15 is 0 Å². The van der Waals surface area contributed by atoms with Gasteiger partial charge in [0.25, 0.3) is 0 Å². The number of carbonyl (C=O) groups is 1. The highest BCUT2D eigenvalue weighted by Gasteiger charge is 2.16. The molecule has 1 aromatic heterocycles. The van der Waals surface area contributed by atoms with Crippen LogP contribution in [-0.2, 0) is 11.3 Å². The summed E-state index contributed by atoms with van der Waals surface area (Å²) in [7, 11) is 1.55. The number of nitrogens with two attached hydrogens (primary N) is 1. The molecule has 0 saturated carbocycles. The molecule has 21 heavy (non-hydrogen) atoms. The minimum atomic E-state index is -1.03. The zero-order valence-electron chi connectivity index (χ0n) is 11.3. The number of hydrogen-bond acceptors (Lipinski definition) is 4. The number of nitriles is 1. The van der Waals surface area contributed by atoms with Gasteiger partial charge in [-0.15, -0.1) is 0 Å². The lowest BCUT2D eigenvalue weighted by Gasteiger charge is -2.16. The molecule has 0 bridgehead atoms. The average molecular weight is 293 g/mol. The molecule has 0 fully saturated rings. The molecule has 0 saturated heterocycles. The summed E-state index contributed by atoms with van der Waals surface area (Å²) in [5.41, 5.74) is 6.11. The van der Waals surface area contributed by atoms with Crippen LogP contribution in [0.2, 0.25) is 0 Å². The first kappa shape index (κ1) is 14.7. The summed E-state index contributed by atoms with van der Waals surface area (Å²) in [6, 6.07) is 3.82. The molecule has 0 unspecified atom stereocenters. The Labute approximate surface area is 119 Å². The van der Waals surface area contributed by atoms with Crippen molar-refractivity contribution in [3.05, 3.63) is 23.8 Å². The molecule has 0 aliphatic rings. The second-order valence-electron chi connectivity index (χ2n) is 4.53. The first-order chi connectivity index (χ1) is 9.93. The number of fused-ring (bicyclic) bond motifs is 1. The van der Waals surface area contributed by atoms with Crippen molar-refractivity contribution in [2.45, 2.75) is 13.0 Å². The third kappa shape index (κ3) is 2.91. The number of benzene rings is 1. The van der Waals surface area contributed by atoms with Crippen molar-refractivity contribution in [3.8, 4) is 6.07 Å². The van der Waals surface area contributed by atoms with Gasteiger partial charge in [0, 0.05) is 25.7 Å². The van der Waals surface area contributed by atoms with Crippen molar-refractivity contribution in [1.82, 2.24) is 14.5 Å². The van der Waals surface area contributed by atoms with Gasteiger partial charge in [0.05, 0.1) is 23.5 Å². The number of nitrogen functional groups attached to an aromatic ring is 1. The van der Waals surface area contributed by atoms with Gasteiger partial charge in [0.1, 0.15) is 6.54 Å². The Morgan fingerprint density at radius 2 is 2.14 bits per heavy atom. The summed E-state index contributed by atoms with van der Waals surface area (Å²) >= 11 is 0. The zero-order chi connectivity index (χ0) is 15.6. The van der Waals surface area contributed by atoms with Gasteiger partial charge in [-0.2, -0.15) is 5.26 Å².